The molecule has 1 nitrogen and oxygen atoms in total. The van der Waals surface area contributed by atoms with Crippen LogP contribution in [0.15, 0.2) is 65.7 Å². The summed E-state index contributed by atoms with van der Waals surface area (Å²) in [6, 6.07) is 3.12. The minimum Gasteiger partial charge on any atom is -0.248 e. The third-order valence-electron chi connectivity index (χ3n) is 4.79. The minimum absolute atomic E-state index is 0.102. The van der Waals surface area contributed by atoms with E-state index in [4.69, 9.17) is 0 Å². The van der Waals surface area contributed by atoms with Crippen molar-refractivity contribution in [2.45, 2.75) is 24.7 Å². The van der Waals surface area contributed by atoms with Gasteiger partial charge in [0.05, 0.1) is 33.7 Å². The monoisotopic (exact) mass is 547 g/mol. The zero-order valence-electron chi connectivity index (χ0n) is 17.6. The molecule has 0 aliphatic carbocycles. The molecule has 0 heterocycles. The van der Waals surface area contributed by atoms with Gasteiger partial charge in [-0.2, -0.15) is 52.7 Å². The van der Waals surface area contributed by atoms with Crippen molar-refractivity contribution < 1.29 is 57.1 Å². The van der Waals surface area contributed by atoms with Crippen molar-refractivity contribution in [3.8, 4) is 0 Å². The van der Waals surface area contributed by atoms with Crippen LogP contribution in [0.25, 0.3) is 0 Å². The lowest BCUT2D eigenvalue weighted by Gasteiger charge is -2.18. The molecule has 0 saturated heterocycles. The van der Waals surface area contributed by atoms with Crippen LogP contribution in [-0.4, -0.2) is 5.71 Å². The number of nitrogens with zero attached hydrogens (tertiary/aromatic N) is 1. The van der Waals surface area contributed by atoms with Crippen molar-refractivity contribution in [3.63, 3.8) is 0 Å². The first-order valence-electron chi connectivity index (χ1n) is 9.69. The molecule has 3 aromatic rings. The third kappa shape index (κ3) is 6.80. The predicted octanol–water partition coefficient (Wildman–Crippen LogP) is 9.07. The quantitative estimate of drug-likeness (QED) is 0.229. The molecule has 3 aromatic carbocycles. The van der Waals surface area contributed by atoms with Crippen LogP contribution in [0.3, 0.4) is 0 Å². The first kappa shape index (κ1) is 28.0. The van der Waals surface area contributed by atoms with Gasteiger partial charge in [-0.1, -0.05) is 0 Å². The standard InChI is InChI=1S/C23H10F13N/c24-17-1-3-18(4-2-17)37-19(11-5-13(20(25,26)27)9-14(6-11)21(28,29)30)12-7-15(22(31,32)33)10-16(8-12)23(34,35)36/h1-10H. The fraction of sp³-hybridized carbons (Fsp3) is 0.174. The van der Waals surface area contributed by atoms with Gasteiger partial charge in [-0.25, -0.2) is 9.38 Å². The zero-order valence-corrected chi connectivity index (χ0v) is 17.6. The summed E-state index contributed by atoms with van der Waals surface area (Å²) in [5, 5.41) is 0. The molecule has 0 aromatic heterocycles. The first-order chi connectivity index (χ1) is 16.7. The Kier molecular flexibility index (Phi) is 7.10. The highest BCUT2D eigenvalue weighted by Gasteiger charge is 2.39. The normalized spacial score (nSPS) is 13.0. The minimum atomic E-state index is -5.37. The molecular weight excluding hydrogens is 537 g/mol. The summed E-state index contributed by atoms with van der Waals surface area (Å²) in [5.74, 6) is -0.850. The molecule has 0 spiro atoms. The van der Waals surface area contributed by atoms with Crippen LogP contribution in [0.1, 0.15) is 33.4 Å². The summed E-state index contributed by atoms with van der Waals surface area (Å²) in [6.07, 6.45) is -21.5. The van der Waals surface area contributed by atoms with Crippen molar-refractivity contribution in [1.29, 1.82) is 0 Å². The molecule has 0 amide bonds. The maximum absolute atomic E-state index is 13.4. The van der Waals surface area contributed by atoms with E-state index in [-0.39, 0.29) is 42.1 Å². The van der Waals surface area contributed by atoms with E-state index in [1.165, 1.54) is 0 Å². The summed E-state index contributed by atoms with van der Waals surface area (Å²) in [5.41, 5.74) is -11.2. The molecule has 0 N–H and O–H groups in total. The lowest BCUT2D eigenvalue weighted by molar-refractivity contribution is -0.144. The van der Waals surface area contributed by atoms with E-state index in [2.05, 4.69) is 4.99 Å². The number of halogens is 13. The van der Waals surface area contributed by atoms with Gasteiger partial charge in [-0.05, 0) is 60.7 Å². The Hall–Kier alpha value is -3.58. The topological polar surface area (TPSA) is 12.4 Å². The Morgan fingerprint density at radius 3 is 1.03 bits per heavy atom. The van der Waals surface area contributed by atoms with Crippen LogP contribution >= 0.6 is 0 Å². The molecule has 0 fully saturated rings. The zero-order chi connectivity index (χ0) is 28.0. The predicted molar refractivity (Wildman–Crippen MR) is 105 cm³/mol. The van der Waals surface area contributed by atoms with E-state index in [1.807, 2.05) is 0 Å². The second-order valence-electron chi connectivity index (χ2n) is 7.53. The molecule has 0 unspecified atom stereocenters. The second-order valence-corrected chi connectivity index (χ2v) is 7.53. The number of alkyl halides is 12. The van der Waals surface area contributed by atoms with E-state index in [0.29, 0.717) is 0 Å². The highest BCUT2D eigenvalue weighted by molar-refractivity contribution is 6.14. The summed E-state index contributed by atoms with van der Waals surface area (Å²) in [6.45, 7) is 0. The molecule has 37 heavy (non-hydrogen) atoms. The summed E-state index contributed by atoms with van der Waals surface area (Å²) in [7, 11) is 0. The number of aliphatic imine (C=N–C) groups is 1. The van der Waals surface area contributed by atoms with Crippen LogP contribution in [0, 0.1) is 5.82 Å². The van der Waals surface area contributed by atoms with Crippen molar-refractivity contribution in [3.05, 3.63) is 99.9 Å². The number of hydrogen-bond donors (Lipinski definition) is 0. The smallest absolute Gasteiger partial charge is 0.248 e. The van der Waals surface area contributed by atoms with Crippen molar-refractivity contribution in [2.24, 2.45) is 4.99 Å². The second kappa shape index (κ2) is 9.38. The van der Waals surface area contributed by atoms with E-state index in [1.54, 1.807) is 0 Å². The van der Waals surface area contributed by atoms with Gasteiger partial charge in [0, 0.05) is 11.1 Å². The van der Waals surface area contributed by atoms with Gasteiger partial charge in [0.25, 0.3) is 0 Å². The van der Waals surface area contributed by atoms with Crippen LogP contribution in [-0.2, 0) is 24.7 Å². The third-order valence-corrected chi connectivity index (χ3v) is 4.79. The maximum atomic E-state index is 13.4. The first-order valence-corrected chi connectivity index (χ1v) is 9.69. The molecule has 3 rings (SSSR count). The van der Waals surface area contributed by atoms with Gasteiger partial charge in [0.1, 0.15) is 5.82 Å². The highest BCUT2D eigenvalue weighted by atomic mass is 19.4. The Balaban J connectivity index is 2.43. The summed E-state index contributed by atoms with van der Waals surface area (Å²) < 4.78 is 174. The lowest BCUT2D eigenvalue weighted by Crippen LogP contribution is -2.16. The van der Waals surface area contributed by atoms with Gasteiger partial charge in [-0.15, -0.1) is 0 Å². The molecule has 0 saturated carbocycles. The largest absolute Gasteiger partial charge is 0.416 e. The SMILES string of the molecule is Fc1ccc(N=C(c2cc(C(F)(F)F)cc(C(F)(F)F)c2)c2cc(C(F)(F)F)cc(C(F)(F)F)c2)cc1. The molecule has 0 radical (unpaired) electrons. The van der Waals surface area contributed by atoms with Gasteiger partial charge >= 0.3 is 24.7 Å². The lowest BCUT2D eigenvalue weighted by atomic mass is 9.94. The Morgan fingerprint density at radius 2 is 0.757 bits per heavy atom. The number of rotatable bonds is 3. The van der Waals surface area contributed by atoms with Gasteiger partial charge in [-0.3, -0.25) is 0 Å². The van der Waals surface area contributed by atoms with Crippen molar-refractivity contribution in [2.75, 3.05) is 0 Å². The maximum Gasteiger partial charge on any atom is 0.416 e. The molecule has 0 aliphatic heterocycles. The molecule has 14 heteroatoms. The number of hydrogen-bond acceptors (Lipinski definition) is 1. The van der Waals surface area contributed by atoms with Gasteiger partial charge in [0.15, 0.2) is 0 Å². The molecule has 0 aliphatic rings. The molecule has 198 valence electrons. The Bertz CT molecular complexity index is 1170. The van der Waals surface area contributed by atoms with E-state index >= 15 is 0 Å². The summed E-state index contributed by atoms with van der Waals surface area (Å²) >= 11 is 0. The Labute approximate surface area is 198 Å². The van der Waals surface area contributed by atoms with Crippen LogP contribution in [0.2, 0.25) is 0 Å². The van der Waals surface area contributed by atoms with Gasteiger partial charge < -0.3 is 0 Å². The fourth-order valence-corrected chi connectivity index (χ4v) is 3.12. The van der Waals surface area contributed by atoms with Crippen LogP contribution in [0.5, 0.6) is 0 Å². The number of benzene rings is 3. The fourth-order valence-electron chi connectivity index (χ4n) is 3.12. The summed E-state index contributed by atoms with van der Waals surface area (Å²) in [4.78, 5) is 3.71. The highest BCUT2D eigenvalue weighted by Crippen LogP contribution is 2.39. The van der Waals surface area contributed by atoms with E-state index < -0.39 is 69.6 Å². The van der Waals surface area contributed by atoms with Crippen LogP contribution < -0.4 is 0 Å². The van der Waals surface area contributed by atoms with Crippen molar-refractivity contribution in [1.82, 2.24) is 0 Å². The molecule has 0 atom stereocenters. The average molecular weight is 547 g/mol. The van der Waals surface area contributed by atoms with E-state index in [0.717, 1.165) is 24.3 Å². The molecule has 0 bridgehead atoms. The van der Waals surface area contributed by atoms with Crippen molar-refractivity contribution >= 4 is 11.4 Å². The molecular formula is C23H10F13N. The van der Waals surface area contributed by atoms with Gasteiger partial charge in [0.2, 0.25) is 0 Å². The van der Waals surface area contributed by atoms with E-state index in [9.17, 15) is 57.1 Å². The Morgan fingerprint density at radius 1 is 0.459 bits per heavy atom. The average Bonchev–Trinajstić information content (AvgIpc) is 2.75. The van der Waals surface area contributed by atoms with Crippen LogP contribution in [0.4, 0.5) is 62.8 Å².